The maximum atomic E-state index is 13.2. The number of benzene rings is 1. The van der Waals surface area contributed by atoms with E-state index in [1.54, 1.807) is 0 Å². The van der Waals surface area contributed by atoms with Gasteiger partial charge in [0.15, 0.2) is 11.0 Å². The normalized spacial score (nSPS) is 15.5. The van der Waals surface area contributed by atoms with E-state index in [0.29, 0.717) is 0 Å². The molecule has 0 aliphatic carbocycles. The van der Waals surface area contributed by atoms with E-state index in [9.17, 15) is 43.7 Å². The Kier molecular flexibility index (Phi) is 4.76. The summed E-state index contributed by atoms with van der Waals surface area (Å²) in [4.78, 5) is 0. The van der Waals surface area contributed by atoms with Gasteiger partial charge in [0.25, 0.3) is 0 Å². The highest BCUT2D eigenvalue weighted by Gasteiger charge is 2.83. The van der Waals surface area contributed by atoms with Gasteiger partial charge in [0.1, 0.15) is 0 Å². The molecule has 12 heteroatoms. The van der Waals surface area contributed by atoms with E-state index in [-0.39, 0.29) is 0 Å². The molecule has 1 atom stereocenters. The molecule has 1 N–H and O–H groups in total. The molecule has 0 heterocycles. The summed E-state index contributed by atoms with van der Waals surface area (Å²) in [6, 6.07) is 5.68. The minimum atomic E-state index is -7.07. The first-order valence-corrected chi connectivity index (χ1v) is 6.34. The van der Waals surface area contributed by atoms with Gasteiger partial charge in [0.2, 0.25) is 0 Å². The number of nitrogens with one attached hydrogen (secondary N) is 1. The van der Waals surface area contributed by atoms with Crippen LogP contribution < -0.4 is 4.72 Å². The van der Waals surface area contributed by atoms with Crippen LogP contribution in [0.4, 0.5) is 45.2 Å². The van der Waals surface area contributed by atoms with E-state index in [4.69, 9.17) is 0 Å². The monoisotopic (exact) mass is 359 g/mol. The Morgan fingerprint density at radius 3 is 1.64 bits per heavy atom. The van der Waals surface area contributed by atoms with Gasteiger partial charge in [0.05, 0.1) is 0 Å². The summed E-state index contributed by atoms with van der Waals surface area (Å²) in [7, 11) is -4.25. The Bertz CT molecular complexity index is 543. The van der Waals surface area contributed by atoms with Crippen LogP contribution in [0.1, 0.15) is 0 Å². The van der Waals surface area contributed by atoms with E-state index in [1.165, 1.54) is 22.9 Å². The van der Waals surface area contributed by atoms with Crippen LogP contribution >= 0.6 is 0 Å². The molecule has 1 unspecified atom stereocenters. The third-order valence-electron chi connectivity index (χ3n) is 2.33. The predicted octanol–water partition coefficient (Wildman–Crippen LogP) is 4.19. The van der Waals surface area contributed by atoms with Crippen molar-refractivity contribution in [1.82, 2.24) is 0 Å². The second-order valence-electron chi connectivity index (χ2n) is 3.90. The van der Waals surface area contributed by atoms with Crippen molar-refractivity contribution in [3.8, 4) is 0 Å². The zero-order valence-electron chi connectivity index (χ0n) is 10.1. The fourth-order valence-electron chi connectivity index (χ4n) is 1.15. The number of halogens is 9. The Labute approximate surface area is 119 Å². The van der Waals surface area contributed by atoms with Crippen LogP contribution in [0.25, 0.3) is 0 Å². The van der Waals surface area contributed by atoms with Gasteiger partial charge in [-0.05, 0) is 12.1 Å². The Morgan fingerprint density at radius 1 is 0.773 bits per heavy atom. The molecular formula is C10H6F9NOS. The molecule has 1 aromatic carbocycles. The molecule has 0 amide bonds. The topological polar surface area (TPSA) is 29.1 Å². The Balaban J connectivity index is 3.13. The summed E-state index contributed by atoms with van der Waals surface area (Å²) in [5, 5.41) is -6.19. The first kappa shape index (κ1) is 18.6. The molecular weight excluding hydrogens is 353 g/mol. The highest BCUT2D eigenvalue weighted by molar-refractivity contribution is 7.87. The van der Waals surface area contributed by atoms with Gasteiger partial charge in [-0.3, -0.25) is 4.72 Å². The first-order chi connectivity index (χ1) is 9.75. The SMILES string of the molecule is O=S(Nc1ccccc1)C(F)(F)C(F)(F)C(F)(F)C(F)(F)F. The quantitative estimate of drug-likeness (QED) is 0.785. The van der Waals surface area contributed by atoms with Gasteiger partial charge in [0, 0.05) is 5.69 Å². The van der Waals surface area contributed by atoms with Crippen molar-refractivity contribution in [2.75, 3.05) is 4.72 Å². The number of alkyl halides is 9. The second-order valence-corrected chi connectivity index (χ2v) is 5.15. The number of anilines is 1. The second kappa shape index (κ2) is 5.63. The minimum Gasteiger partial charge on any atom is -0.300 e. The number of para-hydroxylation sites is 1. The standard InChI is InChI=1S/C10H6F9NOS/c11-7(12,9(15,16)17)8(13,14)10(18,19)22(21)20-6-4-2-1-3-5-6/h1-5,20H. The lowest BCUT2D eigenvalue weighted by Gasteiger charge is -2.32. The van der Waals surface area contributed by atoms with Crippen LogP contribution in [0.5, 0.6) is 0 Å². The molecule has 22 heavy (non-hydrogen) atoms. The molecule has 0 radical (unpaired) electrons. The minimum absolute atomic E-state index is 0.438. The van der Waals surface area contributed by atoms with Crippen LogP contribution in [-0.2, 0) is 11.0 Å². The third-order valence-corrected chi connectivity index (χ3v) is 3.48. The molecule has 0 spiro atoms. The zero-order chi connectivity index (χ0) is 17.4. The van der Waals surface area contributed by atoms with Crippen molar-refractivity contribution in [3.63, 3.8) is 0 Å². The molecule has 1 aromatic rings. The van der Waals surface area contributed by atoms with Gasteiger partial charge >= 0.3 is 23.3 Å². The maximum absolute atomic E-state index is 13.2. The molecule has 0 saturated carbocycles. The number of hydrogen-bond donors (Lipinski definition) is 1. The first-order valence-electron chi connectivity index (χ1n) is 5.19. The van der Waals surface area contributed by atoms with E-state index in [0.717, 1.165) is 12.1 Å². The van der Waals surface area contributed by atoms with Crippen molar-refractivity contribution in [2.45, 2.75) is 23.3 Å². The largest absolute Gasteiger partial charge is 0.460 e. The van der Waals surface area contributed by atoms with E-state index in [2.05, 4.69) is 0 Å². The maximum Gasteiger partial charge on any atom is 0.460 e. The van der Waals surface area contributed by atoms with Crippen molar-refractivity contribution >= 4 is 16.7 Å². The van der Waals surface area contributed by atoms with Crippen LogP contribution in [-0.4, -0.2) is 27.5 Å². The zero-order valence-corrected chi connectivity index (χ0v) is 10.9. The van der Waals surface area contributed by atoms with Gasteiger partial charge in [-0.15, -0.1) is 0 Å². The molecule has 0 saturated heterocycles. The molecule has 126 valence electrons. The highest BCUT2D eigenvalue weighted by atomic mass is 32.2. The summed E-state index contributed by atoms with van der Waals surface area (Å²) >= 11 is 0. The van der Waals surface area contributed by atoms with Gasteiger partial charge in [-0.2, -0.15) is 39.5 Å². The smallest absolute Gasteiger partial charge is 0.300 e. The average molecular weight is 359 g/mol. The van der Waals surface area contributed by atoms with E-state index in [1.807, 2.05) is 0 Å². The fourth-order valence-corrected chi connectivity index (χ4v) is 1.99. The lowest BCUT2D eigenvalue weighted by atomic mass is 10.1. The van der Waals surface area contributed by atoms with E-state index >= 15 is 0 Å². The molecule has 1 rings (SSSR count). The molecule has 0 aliphatic rings. The Morgan fingerprint density at radius 2 is 1.23 bits per heavy atom. The van der Waals surface area contributed by atoms with Crippen molar-refractivity contribution in [2.24, 2.45) is 0 Å². The summed E-state index contributed by atoms with van der Waals surface area (Å²) in [6.07, 6.45) is -6.95. The van der Waals surface area contributed by atoms with Gasteiger partial charge in [-0.25, -0.2) is 4.21 Å². The Hall–Kier alpha value is -1.46. The highest BCUT2D eigenvalue weighted by Crippen LogP contribution is 2.54. The summed E-state index contributed by atoms with van der Waals surface area (Å²) in [5.74, 6) is -14.0. The molecule has 0 aromatic heterocycles. The predicted molar refractivity (Wildman–Crippen MR) is 59.1 cm³/mol. The van der Waals surface area contributed by atoms with E-state index < -0.39 is 39.9 Å². The molecule has 0 aliphatic heterocycles. The molecule has 0 fully saturated rings. The lowest BCUT2D eigenvalue weighted by Crippen LogP contribution is -2.62. The number of hydrogen-bond acceptors (Lipinski definition) is 1. The van der Waals surface area contributed by atoms with Crippen LogP contribution in [0.2, 0.25) is 0 Å². The van der Waals surface area contributed by atoms with Crippen molar-refractivity contribution < 1.29 is 43.7 Å². The van der Waals surface area contributed by atoms with Gasteiger partial charge in [-0.1, -0.05) is 18.2 Å². The molecule has 2 nitrogen and oxygen atoms in total. The van der Waals surface area contributed by atoms with Crippen molar-refractivity contribution in [3.05, 3.63) is 30.3 Å². The van der Waals surface area contributed by atoms with Crippen LogP contribution in [0.3, 0.4) is 0 Å². The summed E-state index contributed by atoms with van der Waals surface area (Å²) < 4.78 is 126. The summed E-state index contributed by atoms with van der Waals surface area (Å²) in [5.41, 5.74) is -0.438. The fraction of sp³-hybridized carbons (Fsp3) is 0.400. The number of rotatable bonds is 5. The third kappa shape index (κ3) is 3.01. The average Bonchev–Trinajstić information content (AvgIpc) is 2.38. The van der Waals surface area contributed by atoms with Crippen molar-refractivity contribution in [1.29, 1.82) is 0 Å². The van der Waals surface area contributed by atoms with Crippen LogP contribution in [0, 0.1) is 0 Å². The molecule has 0 bridgehead atoms. The summed E-state index contributed by atoms with van der Waals surface area (Å²) in [6.45, 7) is 0. The van der Waals surface area contributed by atoms with Gasteiger partial charge < -0.3 is 0 Å². The van der Waals surface area contributed by atoms with Crippen LogP contribution in [0.15, 0.2) is 30.3 Å². The lowest BCUT2D eigenvalue weighted by molar-refractivity contribution is -0.381.